The van der Waals surface area contributed by atoms with Crippen LogP contribution in [0.4, 0.5) is 0 Å². The Labute approximate surface area is 122 Å². The maximum atomic E-state index is 10.8. The van der Waals surface area contributed by atoms with Gasteiger partial charge in [0.1, 0.15) is 5.76 Å². The number of benzene rings is 1. The molecule has 0 aliphatic heterocycles. The first-order chi connectivity index (χ1) is 9.49. The lowest BCUT2D eigenvalue weighted by Gasteiger charge is -2.19. The Morgan fingerprint density at radius 3 is 2.50 bits per heavy atom. The van der Waals surface area contributed by atoms with Crippen molar-refractivity contribution in [2.45, 2.75) is 25.9 Å². The van der Waals surface area contributed by atoms with Gasteiger partial charge in [-0.25, -0.2) is 4.79 Å². The van der Waals surface area contributed by atoms with Gasteiger partial charge in [0.2, 0.25) is 5.76 Å². The molecule has 0 amide bonds. The van der Waals surface area contributed by atoms with Gasteiger partial charge in [-0.3, -0.25) is 0 Å². The minimum atomic E-state index is -1.07. The number of furan rings is 1. The van der Waals surface area contributed by atoms with Crippen LogP contribution in [0.1, 0.15) is 47.8 Å². The van der Waals surface area contributed by atoms with Gasteiger partial charge < -0.3 is 14.8 Å². The van der Waals surface area contributed by atoms with Crippen LogP contribution in [0.15, 0.2) is 40.8 Å². The minimum Gasteiger partial charge on any atom is -0.475 e. The van der Waals surface area contributed by atoms with Crippen LogP contribution < -0.4 is 5.32 Å². The lowest BCUT2D eigenvalue weighted by Crippen LogP contribution is -2.22. The molecule has 1 heterocycles. The molecule has 1 aromatic heterocycles. The van der Waals surface area contributed by atoms with E-state index in [1.54, 1.807) is 6.07 Å². The summed E-state index contributed by atoms with van der Waals surface area (Å²) in [5.74, 6) is -0.539. The lowest BCUT2D eigenvalue weighted by molar-refractivity contribution is 0.0659. The van der Waals surface area contributed by atoms with Gasteiger partial charge in [0.05, 0.1) is 6.04 Å². The SMILES string of the molecule is CC(N[C@H](C)c1ccccc1Cl)c1ccc(C(=O)O)o1. The highest BCUT2D eigenvalue weighted by atomic mass is 35.5. The molecule has 0 saturated heterocycles. The van der Waals surface area contributed by atoms with Crippen LogP contribution in [-0.4, -0.2) is 11.1 Å². The molecule has 0 aliphatic carbocycles. The van der Waals surface area contributed by atoms with Gasteiger partial charge >= 0.3 is 5.97 Å². The van der Waals surface area contributed by atoms with Crippen molar-refractivity contribution in [2.75, 3.05) is 0 Å². The van der Waals surface area contributed by atoms with Crippen LogP contribution in [0.5, 0.6) is 0 Å². The van der Waals surface area contributed by atoms with Crippen LogP contribution in [0, 0.1) is 0 Å². The standard InChI is InChI=1S/C15H16ClNO3/c1-9(11-5-3-4-6-12(11)16)17-10(2)13-7-8-14(20-13)15(18)19/h3-10,17H,1-2H3,(H,18,19)/t9-,10?/m1/s1. The third-order valence-electron chi connectivity index (χ3n) is 3.14. The van der Waals surface area contributed by atoms with Crippen LogP contribution in [-0.2, 0) is 0 Å². The minimum absolute atomic E-state index is 0.0251. The molecule has 0 saturated carbocycles. The number of carboxylic acids is 1. The summed E-state index contributed by atoms with van der Waals surface area (Å²) in [6.07, 6.45) is 0. The van der Waals surface area contributed by atoms with E-state index in [-0.39, 0.29) is 17.8 Å². The summed E-state index contributed by atoms with van der Waals surface area (Å²) >= 11 is 6.15. The van der Waals surface area contributed by atoms with Crippen molar-refractivity contribution in [1.29, 1.82) is 0 Å². The van der Waals surface area contributed by atoms with Gasteiger partial charge in [-0.05, 0) is 37.6 Å². The van der Waals surface area contributed by atoms with Crippen molar-refractivity contribution in [1.82, 2.24) is 5.32 Å². The second-order valence-corrected chi connectivity index (χ2v) is 5.05. The van der Waals surface area contributed by atoms with Crippen LogP contribution in [0.25, 0.3) is 0 Å². The van der Waals surface area contributed by atoms with E-state index in [0.717, 1.165) is 5.56 Å². The summed E-state index contributed by atoms with van der Waals surface area (Å²) in [5, 5.41) is 12.9. The number of halogens is 1. The number of carbonyl (C=O) groups is 1. The smallest absolute Gasteiger partial charge is 0.371 e. The van der Waals surface area contributed by atoms with E-state index in [0.29, 0.717) is 10.8 Å². The molecule has 2 rings (SSSR count). The molecule has 2 N–H and O–H groups in total. The average molecular weight is 294 g/mol. The quantitative estimate of drug-likeness (QED) is 0.873. The zero-order valence-corrected chi connectivity index (χ0v) is 12.0. The third-order valence-corrected chi connectivity index (χ3v) is 3.48. The Hall–Kier alpha value is -1.78. The fourth-order valence-electron chi connectivity index (χ4n) is 2.07. The zero-order valence-electron chi connectivity index (χ0n) is 11.3. The van der Waals surface area contributed by atoms with E-state index in [1.165, 1.54) is 6.07 Å². The number of aromatic carboxylic acids is 1. The third kappa shape index (κ3) is 3.21. The van der Waals surface area contributed by atoms with Crippen LogP contribution in [0.2, 0.25) is 5.02 Å². The molecule has 0 radical (unpaired) electrons. The number of hydrogen-bond donors (Lipinski definition) is 2. The van der Waals surface area contributed by atoms with Gasteiger partial charge in [0.25, 0.3) is 0 Å². The highest BCUT2D eigenvalue weighted by Crippen LogP contribution is 2.25. The molecule has 0 fully saturated rings. The first kappa shape index (κ1) is 14.6. The average Bonchev–Trinajstić information content (AvgIpc) is 2.88. The highest BCUT2D eigenvalue weighted by molar-refractivity contribution is 6.31. The molecule has 20 heavy (non-hydrogen) atoms. The fraction of sp³-hybridized carbons (Fsp3) is 0.267. The molecule has 0 aliphatic rings. The predicted molar refractivity (Wildman–Crippen MR) is 77.1 cm³/mol. The second-order valence-electron chi connectivity index (χ2n) is 4.64. The Balaban J connectivity index is 2.09. The molecule has 0 spiro atoms. The molecule has 4 nitrogen and oxygen atoms in total. The maximum absolute atomic E-state index is 10.8. The first-order valence-electron chi connectivity index (χ1n) is 6.32. The molecule has 1 aromatic carbocycles. The van der Waals surface area contributed by atoms with E-state index in [1.807, 2.05) is 38.1 Å². The maximum Gasteiger partial charge on any atom is 0.371 e. The Bertz CT molecular complexity index is 609. The van der Waals surface area contributed by atoms with E-state index in [4.69, 9.17) is 21.1 Å². The number of nitrogens with one attached hydrogen (secondary N) is 1. The van der Waals surface area contributed by atoms with Crippen LogP contribution >= 0.6 is 11.6 Å². The largest absolute Gasteiger partial charge is 0.475 e. The van der Waals surface area contributed by atoms with Gasteiger partial charge in [-0.15, -0.1) is 0 Å². The van der Waals surface area contributed by atoms with Crippen molar-refractivity contribution in [3.8, 4) is 0 Å². The molecular formula is C15H16ClNO3. The van der Waals surface area contributed by atoms with Gasteiger partial charge in [0.15, 0.2) is 0 Å². The fourth-order valence-corrected chi connectivity index (χ4v) is 2.37. The lowest BCUT2D eigenvalue weighted by atomic mass is 10.1. The van der Waals surface area contributed by atoms with Gasteiger partial charge in [-0.2, -0.15) is 0 Å². The summed E-state index contributed by atoms with van der Waals surface area (Å²) in [4.78, 5) is 10.8. The molecule has 1 unspecified atom stereocenters. The van der Waals surface area contributed by atoms with E-state index >= 15 is 0 Å². The Morgan fingerprint density at radius 1 is 1.20 bits per heavy atom. The Morgan fingerprint density at radius 2 is 1.90 bits per heavy atom. The van der Waals surface area contributed by atoms with E-state index in [2.05, 4.69) is 5.32 Å². The number of carboxylic acid groups (broad SMARTS) is 1. The molecule has 2 aromatic rings. The summed E-state index contributed by atoms with van der Waals surface area (Å²) in [5.41, 5.74) is 0.992. The molecule has 5 heteroatoms. The normalized spacial score (nSPS) is 13.9. The van der Waals surface area contributed by atoms with E-state index < -0.39 is 5.97 Å². The topological polar surface area (TPSA) is 62.5 Å². The van der Waals surface area contributed by atoms with Gasteiger partial charge in [0, 0.05) is 11.1 Å². The summed E-state index contributed by atoms with van der Waals surface area (Å²) < 4.78 is 5.28. The van der Waals surface area contributed by atoms with Crippen molar-refractivity contribution in [3.05, 3.63) is 58.5 Å². The summed E-state index contributed by atoms with van der Waals surface area (Å²) in [6.45, 7) is 3.91. The molecule has 0 bridgehead atoms. The van der Waals surface area contributed by atoms with Crippen molar-refractivity contribution >= 4 is 17.6 Å². The van der Waals surface area contributed by atoms with E-state index in [9.17, 15) is 4.79 Å². The summed E-state index contributed by atoms with van der Waals surface area (Å²) in [6, 6.07) is 10.6. The van der Waals surface area contributed by atoms with Crippen molar-refractivity contribution < 1.29 is 14.3 Å². The zero-order chi connectivity index (χ0) is 14.7. The van der Waals surface area contributed by atoms with Gasteiger partial charge in [-0.1, -0.05) is 29.8 Å². The highest BCUT2D eigenvalue weighted by Gasteiger charge is 2.17. The number of rotatable bonds is 5. The molecule has 106 valence electrons. The summed E-state index contributed by atoms with van der Waals surface area (Å²) in [7, 11) is 0. The first-order valence-corrected chi connectivity index (χ1v) is 6.70. The monoisotopic (exact) mass is 293 g/mol. The molecular weight excluding hydrogens is 278 g/mol. The van der Waals surface area contributed by atoms with Crippen LogP contribution in [0.3, 0.4) is 0 Å². The predicted octanol–water partition coefficient (Wildman–Crippen LogP) is 4.04. The number of hydrogen-bond acceptors (Lipinski definition) is 3. The molecule has 2 atom stereocenters. The Kier molecular flexibility index (Phi) is 4.47. The second kappa shape index (κ2) is 6.11. The van der Waals surface area contributed by atoms with Crippen molar-refractivity contribution in [3.63, 3.8) is 0 Å². The van der Waals surface area contributed by atoms with Crippen molar-refractivity contribution in [2.24, 2.45) is 0 Å².